The second-order valence-corrected chi connectivity index (χ2v) is 5.94. The number of guanidine groups is 1. The van der Waals surface area contributed by atoms with Crippen molar-refractivity contribution >= 4 is 23.5 Å². The normalized spacial score (nSPS) is 12.6. The summed E-state index contributed by atoms with van der Waals surface area (Å²) in [6.07, 6.45) is 3.91. The first-order chi connectivity index (χ1) is 11.5. The zero-order valence-corrected chi connectivity index (χ0v) is 15.5. The van der Waals surface area contributed by atoms with Gasteiger partial charge in [0.25, 0.3) is 0 Å². The molecule has 0 aliphatic rings. The van der Waals surface area contributed by atoms with Crippen LogP contribution in [0.5, 0.6) is 0 Å². The van der Waals surface area contributed by atoms with Crippen molar-refractivity contribution in [2.24, 2.45) is 4.99 Å². The SMILES string of the molecule is CCNC(=NCCC(=O)NC(C)CC)NCCc1ccc(Cl)nc1. The monoisotopic (exact) mass is 353 g/mol. The molecular weight excluding hydrogens is 326 g/mol. The van der Waals surface area contributed by atoms with Gasteiger partial charge < -0.3 is 16.0 Å². The van der Waals surface area contributed by atoms with E-state index >= 15 is 0 Å². The third-order valence-corrected chi connectivity index (χ3v) is 3.69. The molecule has 1 aromatic rings. The quantitative estimate of drug-likeness (QED) is 0.361. The molecule has 0 aliphatic carbocycles. The van der Waals surface area contributed by atoms with Crippen LogP contribution >= 0.6 is 11.6 Å². The van der Waals surface area contributed by atoms with Crippen LogP contribution in [0.2, 0.25) is 5.15 Å². The fourth-order valence-corrected chi connectivity index (χ4v) is 2.05. The van der Waals surface area contributed by atoms with E-state index in [1.54, 1.807) is 12.3 Å². The summed E-state index contributed by atoms with van der Waals surface area (Å²) in [4.78, 5) is 20.2. The van der Waals surface area contributed by atoms with Crippen molar-refractivity contribution < 1.29 is 4.79 Å². The molecule has 7 heteroatoms. The topological polar surface area (TPSA) is 78.4 Å². The van der Waals surface area contributed by atoms with E-state index in [0.717, 1.165) is 37.5 Å². The maximum atomic E-state index is 11.7. The Hall–Kier alpha value is -1.82. The van der Waals surface area contributed by atoms with Gasteiger partial charge in [0.1, 0.15) is 5.15 Å². The molecule has 1 atom stereocenters. The zero-order valence-electron chi connectivity index (χ0n) is 14.7. The fraction of sp³-hybridized carbons (Fsp3) is 0.588. The molecule has 0 aromatic carbocycles. The number of aromatic nitrogens is 1. The summed E-state index contributed by atoms with van der Waals surface area (Å²) in [5, 5.41) is 9.87. The predicted octanol–water partition coefficient (Wildman–Crippen LogP) is 2.14. The molecule has 1 amide bonds. The van der Waals surface area contributed by atoms with Gasteiger partial charge in [0, 0.05) is 31.7 Å². The number of nitrogens with zero attached hydrogens (tertiary/aromatic N) is 2. The Kier molecular flexibility index (Phi) is 9.84. The molecule has 0 aliphatic heterocycles. The molecule has 0 fully saturated rings. The van der Waals surface area contributed by atoms with Crippen molar-refractivity contribution in [2.75, 3.05) is 19.6 Å². The van der Waals surface area contributed by atoms with Crippen molar-refractivity contribution in [1.29, 1.82) is 0 Å². The zero-order chi connectivity index (χ0) is 17.8. The molecule has 1 rings (SSSR count). The number of amides is 1. The Morgan fingerprint density at radius 3 is 2.75 bits per heavy atom. The van der Waals surface area contributed by atoms with E-state index in [-0.39, 0.29) is 11.9 Å². The highest BCUT2D eigenvalue weighted by Crippen LogP contribution is 2.05. The van der Waals surface area contributed by atoms with Crippen LogP contribution < -0.4 is 16.0 Å². The van der Waals surface area contributed by atoms with Gasteiger partial charge in [-0.25, -0.2) is 4.98 Å². The van der Waals surface area contributed by atoms with E-state index in [4.69, 9.17) is 11.6 Å². The molecule has 0 saturated carbocycles. The standard InChI is InChI=1S/C17H28ClN5O/c1-4-13(3)23-16(24)9-11-21-17(19-5-2)20-10-8-14-6-7-15(18)22-12-14/h6-7,12-13H,4-5,8-11H2,1-3H3,(H,23,24)(H2,19,20,21). The number of hydrogen-bond acceptors (Lipinski definition) is 3. The Morgan fingerprint density at radius 2 is 2.12 bits per heavy atom. The van der Waals surface area contributed by atoms with Crippen molar-refractivity contribution in [3.63, 3.8) is 0 Å². The third-order valence-electron chi connectivity index (χ3n) is 3.47. The van der Waals surface area contributed by atoms with E-state index in [1.807, 2.05) is 26.8 Å². The van der Waals surface area contributed by atoms with Crippen LogP contribution in [0.25, 0.3) is 0 Å². The second kappa shape index (κ2) is 11.7. The maximum absolute atomic E-state index is 11.7. The molecular formula is C17H28ClN5O. The van der Waals surface area contributed by atoms with Gasteiger partial charge in [-0.3, -0.25) is 9.79 Å². The fourth-order valence-electron chi connectivity index (χ4n) is 1.94. The number of rotatable bonds is 9. The van der Waals surface area contributed by atoms with Gasteiger partial charge in [-0.1, -0.05) is 24.6 Å². The van der Waals surface area contributed by atoms with Gasteiger partial charge in [-0.15, -0.1) is 0 Å². The predicted molar refractivity (Wildman–Crippen MR) is 99.4 cm³/mol. The van der Waals surface area contributed by atoms with Crippen molar-refractivity contribution in [3.05, 3.63) is 29.0 Å². The van der Waals surface area contributed by atoms with Gasteiger partial charge in [-0.2, -0.15) is 0 Å². The Morgan fingerprint density at radius 1 is 1.33 bits per heavy atom. The molecule has 0 bridgehead atoms. The molecule has 1 aromatic heterocycles. The Bertz CT molecular complexity index is 518. The summed E-state index contributed by atoms with van der Waals surface area (Å²) in [7, 11) is 0. The summed E-state index contributed by atoms with van der Waals surface area (Å²) in [5.74, 6) is 0.756. The van der Waals surface area contributed by atoms with Crippen molar-refractivity contribution in [2.45, 2.75) is 46.1 Å². The minimum atomic E-state index is 0.0381. The van der Waals surface area contributed by atoms with Gasteiger partial charge in [0.15, 0.2) is 5.96 Å². The number of aliphatic imine (C=N–C) groups is 1. The first-order valence-electron chi connectivity index (χ1n) is 8.47. The van der Waals surface area contributed by atoms with Gasteiger partial charge in [0.2, 0.25) is 5.91 Å². The lowest BCUT2D eigenvalue weighted by Crippen LogP contribution is -2.38. The summed E-state index contributed by atoms with van der Waals surface area (Å²) < 4.78 is 0. The van der Waals surface area contributed by atoms with Crippen molar-refractivity contribution in [3.8, 4) is 0 Å². The van der Waals surface area contributed by atoms with Gasteiger partial charge >= 0.3 is 0 Å². The van der Waals surface area contributed by atoms with E-state index < -0.39 is 0 Å². The van der Waals surface area contributed by atoms with Crippen LogP contribution in [0, 0.1) is 0 Å². The highest BCUT2D eigenvalue weighted by atomic mass is 35.5. The second-order valence-electron chi connectivity index (χ2n) is 5.55. The average Bonchev–Trinajstić information content (AvgIpc) is 2.56. The highest BCUT2D eigenvalue weighted by molar-refractivity contribution is 6.29. The first kappa shape index (κ1) is 20.2. The molecule has 134 valence electrons. The number of carbonyl (C=O) groups excluding carboxylic acids is 1. The number of halogens is 1. The lowest BCUT2D eigenvalue weighted by atomic mass is 10.2. The molecule has 6 nitrogen and oxygen atoms in total. The minimum Gasteiger partial charge on any atom is -0.357 e. The molecule has 1 heterocycles. The molecule has 0 spiro atoms. The Labute approximate surface area is 149 Å². The minimum absolute atomic E-state index is 0.0381. The number of pyridine rings is 1. The third kappa shape index (κ3) is 8.72. The maximum Gasteiger partial charge on any atom is 0.222 e. The van der Waals surface area contributed by atoms with Crippen LogP contribution in [0.4, 0.5) is 0 Å². The van der Waals surface area contributed by atoms with Crippen LogP contribution in [-0.2, 0) is 11.2 Å². The number of hydrogen-bond donors (Lipinski definition) is 3. The molecule has 24 heavy (non-hydrogen) atoms. The lowest BCUT2D eigenvalue weighted by Gasteiger charge is -2.12. The molecule has 1 unspecified atom stereocenters. The van der Waals surface area contributed by atoms with Crippen LogP contribution in [-0.4, -0.2) is 42.5 Å². The van der Waals surface area contributed by atoms with E-state index in [0.29, 0.717) is 18.1 Å². The first-order valence-corrected chi connectivity index (χ1v) is 8.84. The van der Waals surface area contributed by atoms with Crippen molar-refractivity contribution in [1.82, 2.24) is 20.9 Å². The Balaban J connectivity index is 2.36. The van der Waals surface area contributed by atoms with Gasteiger partial charge in [0.05, 0.1) is 6.54 Å². The van der Waals surface area contributed by atoms with Crippen LogP contribution in [0.3, 0.4) is 0 Å². The van der Waals surface area contributed by atoms with E-state index in [2.05, 4.69) is 25.9 Å². The molecule has 0 saturated heterocycles. The summed E-state index contributed by atoms with van der Waals surface area (Å²) in [6, 6.07) is 3.95. The highest BCUT2D eigenvalue weighted by Gasteiger charge is 2.05. The van der Waals surface area contributed by atoms with E-state index in [1.165, 1.54) is 0 Å². The average molecular weight is 354 g/mol. The summed E-state index contributed by atoms with van der Waals surface area (Å²) in [6.45, 7) is 8.02. The van der Waals surface area contributed by atoms with Gasteiger partial charge in [-0.05, 0) is 38.3 Å². The number of nitrogens with one attached hydrogen (secondary N) is 3. The van der Waals surface area contributed by atoms with E-state index in [9.17, 15) is 4.79 Å². The summed E-state index contributed by atoms with van der Waals surface area (Å²) >= 11 is 5.77. The lowest BCUT2D eigenvalue weighted by molar-refractivity contribution is -0.121. The number of carbonyl (C=O) groups is 1. The molecule has 0 radical (unpaired) electrons. The molecule has 3 N–H and O–H groups in total. The summed E-state index contributed by atoms with van der Waals surface area (Å²) in [5.41, 5.74) is 1.11. The van der Waals surface area contributed by atoms with Crippen LogP contribution in [0.1, 0.15) is 39.2 Å². The van der Waals surface area contributed by atoms with Crippen LogP contribution in [0.15, 0.2) is 23.3 Å². The smallest absolute Gasteiger partial charge is 0.222 e. The largest absolute Gasteiger partial charge is 0.357 e.